The monoisotopic (exact) mass is 200 g/mol. The van der Waals surface area contributed by atoms with Gasteiger partial charge in [-0.05, 0) is 37.8 Å². The fraction of sp³-hybridized carbons (Fsp3) is 0.462. The van der Waals surface area contributed by atoms with E-state index < -0.39 is 0 Å². The maximum Gasteiger partial charge on any atom is 0.0656 e. The molecule has 0 bridgehead atoms. The van der Waals surface area contributed by atoms with Gasteiger partial charge in [0, 0.05) is 17.6 Å². The molecule has 0 aliphatic heterocycles. The molecule has 1 aliphatic carbocycles. The summed E-state index contributed by atoms with van der Waals surface area (Å²) < 4.78 is 0. The highest BCUT2D eigenvalue weighted by molar-refractivity contribution is 5.51. The zero-order chi connectivity index (χ0) is 10.7. The van der Waals surface area contributed by atoms with E-state index in [4.69, 9.17) is 5.26 Å². The molecule has 1 fully saturated rings. The van der Waals surface area contributed by atoms with Crippen LogP contribution in [0.4, 0.5) is 5.69 Å². The largest absolute Gasteiger partial charge is 0.382 e. The molecule has 78 valence electrons. The number of hydrogen-bond donors (Lipinski definition) is 1. The van der Waals surface area contributed by atoms with Gasteiger partial charge in [0.15, 0.2) is 0 Å². The van der Waals surface area contributed by atoms with Crippen LogP contribution in [0.3, 0.4) is 0 Å². The minimum Gasteiger partial charge on any atom is -0.382 e. The van der Waals surface area contributed by atoms with Crippen molar-refractivity contribution in [2.24, 2.45) is 5.92 Å². The summed E-state index contributed by atoms with van der Waals surface area (Å²) in [6, 6.07) is 11.1. The van der Waals surface area contributed by atoms with Gasteiger partial charge in [-0.1, -0.05) is 18.2 Å². The third-order valence-electron chi connectivity index (χ3n) is 3.12. The van der Waals surface area contributed by atoms with Crippen molar-refractivity contribution in [3.8, 4) is 6.07 Å². The molecule has 2 rings (SSSR count). The van der Waals surface area contributed by atoms with Crippen LogP contribution >= 0.6 is 0 Å². The number of benzene rings is 1. The molecule has 1 aliphatic rings. The van der Waals surface area contributed by atoms with Crippen LogP contribution in [0.1, 0.15) is 24.8 Å². The molecule has 0 amide bonds. The van der Waals surface area contributed by atoms with Gasteiger partial charge in [-0.15, -0.1) is 0 Å². The average molecular weight is 200 g/mol. The van der Waals surface area contributed by atoms with Crippen molar-refractivity contribution in [3.63, 3.8) is 0 Å². The van der Waals surface area contributed by atoms with Crippen LogP contribution < -0.4 is 5.32 Å². The van der Waals surface area contributed by atoms with Crippen LogP contribution in [0.25, 0.3) is 0 Å². The normalized spacial score (nSPS) is 24.8. The molecule has 2 heteroatoms. The highest BCUT2D eigenvalue weighted by Crippen LogP contribution is 2.28. The molecule has 15 heavy (non-hydrogen) atoms. The predicted molar refractivity (Wildman–Crippen MR) is 61.5 cm³/mol. The lowest BCUT2D eigenvalue weighted by molar-refractivity contribution is 0.683. The Balaban J connectivity index is 1.99. The minimum atomic E-state index is 0.256. The molecular formula is C13H16N2. The van der Waals surface area contributed by atoms with E-state index in [1.807, 2.05) is 12.1 Å². The molecule has 1 aromatic rings. The first kappa shape index (κ1) is 10.0. The number of rotatable bonds is 2. The lowest BCUT2D eigenvalue weighted by atomic mass is 10.1. The van der Waals surface area contributed by atoms with Gasteiger partial charge in [0.05, 0.1) is 6.07 Å². The van der Waals surface area contributed by atoms with Crippen molar-refractivity contribution in [1.82, 2.24) is 0 Å². The van der Waals surface area contributed by atoms with Gasteiger partial charge in [-0.3, -0.25) is 0 Å². The number of anilines is 1. The fourth-order valence-corrected chi connectivity index (χ4v) is 2.18. The van der Waals surface area contributed by atoms with E-state index in [9.17, 15) is 0 Å². The van der Waals surface area contributed by atoms with Gasteiger partial charge < -0.3 is 5.32 Å². The smallest absolute Gasteiger partial charge is 0.0656 e. The number of hydrogen-bond acceptors (Lipinski definition) is 2. The average Bonchev–Trinajstić information content (AvgIpc) is 2.69. The van der Waals surface area contributed by atoms with Crippen molar-refractivity contribution < 1.29 is 0 Å². The van der Waals surface area contributed by atoms with Gasteiger partial charge in [0.25, 0.3) is 0 Å². The second-order valence-electron chi connectivity index (χ2n) is 4.30. The van der Waals surface area contributed by atoms with Crippen molar-refractivity contribution in [3.05, 3.63) is 29.8 Å². The number of aryl methyl sites for hydroxylation is 1. The molecule has 2 atom stereocenters. The molecule has 0 spiro atoms. The summed E-state index contributed by atoms with van der Waals surface area (Å²) in [5, 5.41) is 12.3. The zero-order valence-electron chi connectivity index (χ0n) is 9.03. The van der Waals surface area contributed by atoms with Crippen LogP contribution in [0.2, 0.25) is 0 Å². The Morgan fingerprint density at radius 3 is 2.80 bits per heavy atom. The van der Waals surface area contributed by atoms with E-state index in [2.05, 4.69) is 30.4 Å². The van der Waals surface area contributed by atoms with Crippen LogP contribution in [-0.4, -0.2) is 6.04 Å². The van der Waals surface area contributed by atoms with Gasteiger partial charge in [-0.2, -0.15) is 5.26 Å². The Bertz CT molecular complexity index is 378. The molecule has 0 heterocycles. The van der Waals surface area contributed by atoms with Gasteiger partial charge in [-0.25, -0.2) is 0 Å². The standard InChI is InChI=1S/C13H16N2/c1-10-4-2-3-5-13(10)15-12-7-6-11(8-12)9-14/h2-5,11-12,15H,6-8H2,1H3. The van der Waals surface area contributed by atoms with E-state index in [1.54, 1.807) is 0 Å². The van der Waals surface area contributed by atoms with Gasteiger partial charge in [0.1, 0.15) is 0 Å². The molecule has 2 nitrogen and oxygen atoms in total. The van der Waals surface area contributed by atoms with Crippen LogP contribution in [-0.2, 0) is 0 Å². The Hall–Kier alpha value is -1.49. The third kappa shape index (κ3) is 2.30. The highest BCUT2D eigenvalue weighted by atomic mass is 14.9. The summed E-state index contributed by atoms with van der Waals surface area (Å²) in [6.45, 7) is 2.11. The summed E-state index contributed by atoms with van der Waals surface area (Å²) in [4.78, 5) is 0. The first-order valence-corrected chi connectivity index (χ1v) is 5.51. The maximum atomic E-state index is 8.83. The number of nitrogens with one attached hydrogen (secondary N) is 1. The van der Waals surface area contributed by atoms with E-state index in [-0.39, 0.29) is 5.92 Å². The Morgan fingerprint density at radius 1 is 1.33 bits per heavy atom. The Morgan fingerprint density at radius 2 is 2.13 bits per heavy atom. The van der Waals surface area contributed by atoms with Crippen LogP contribution in [0.15, 0.2) is 24.3 Å². The second-order valence-corrected chi connectivity index (χ2v) is 4.30. The number of nitrogens with zero attached hydrogens (tertiary/aromatic N) is 1. The van der Waals surface area contributed by atoms with Crippen LogP contribution in [0.5, 0.6) is 0 Å². The van der Waals surface area contributed by atoms with E-state index in [1.165, 1.54) is 11.3 Å². The molecule has 0 saturated heterocycles. The topological polar surface area (TPSA) is 35.8 Å². The molecule has 1 N–H and O–H groups in total. The maximum absolute atomic E-state index is 8.83. The molecule has 1 aromatic carbocycles. The zero-order valence-corrected chi connectivity index (χ0v) is 9.03. The van der Waals surface area contributed by atoms with Crippen molar-refractivity contribution in [1.29, 1.82) is 5.26 Å². The highest BCUT2D eigenvalue weighted by Gasteiger charge is 2.24. The molecule has 2 unspecified atom stereocenters. The van der Waals surface area contributed by atoms with E-state index >= 15 is 0 Å². The molecule has 0 aromatic heterocycles. The Labute approximate surface area is 90.9 Å². The lowest BCUT2D eigenvalue weighted by Gasteiger charge is -2.15. The first-order valence-electron chi connectivity index (χ1n) is 5.51. The van der Waals surface area contributed by atoms with Gasteiger partial charge >= 0.3 is 0 Å². The van der Waals surface area contributed by atoms with Crippen molar-refractivity contribution >= 4 is 5.69 Å². The van der Waals surface area contributed by atoms with E-state index in [0.29, 0.717) is 6.04 Å². The summed E-state index contributed by atoms with van der Waals surface area (Å²) in [7, 11) is 0. The van der Waals surface area contributed by atoms with Crippen molar-refractivity contribution in [2.75, 3.05) is 5.32 Å². The summed E-state index contributed by atoms with van der Waals surface area (Å²) in [5.74, 6) is 0.256. The van der Waals surface area contributed by atoms with Gasteiger partial charge in [0.2, 0.25) is 0 Å². The fourth-order valence-electron chi connectivity index (χ4n) is 2.18. The minimum absolute atomic E-state index is 0.256. The molecule has 1 saturated carbocycles. The summed E-state index contributed by atoms with van der Waals surface area (Å²) >= 11 is 0. The third-order valence-corrected chi connectivity index (χ3v) is 3.12. The first-order chi connectivity index (χ1) is 7.29. The predicted octanol–water partition coefficient (Wildman–Crippen LogP) is 3.10. The number of nitriles is 1. The SMILES string of the molecule is Cc1ccccc1NC1CCC(C#N)C1. The summed E-state index contributed by atoms with van der Waals surface area (Å²) in [5.41, 5.74) is 2.49. The quantitative estimate of drug-likeness (QED) is 0.796. The molecular weight excluding hydrogens is 184 g/mol. The second kappa shape index (κ2) is 4.35. The Kier molecular flexibility index (Phi) is 2.91. The number of para-hydroxylation sites is 1. The van der Waals surface area contributed by atoms with Crippen molar-refractivity contribution in [2.45, 2.75) is 32.2 Å². The summed E-state index contributed by atoms with van der Waals surface area (Å²) in [6.07, 6.45) is 3.15. The van der Waals surface area contributed by atoms with E-state index in [0.717, 1.165) is 19.3 Å². The van der Waals surface area contributed by atoms with Crippen LogP contribution in [0, 0.1) is 24.2 Å². The lowest BCUT2D eigenvalue weighted by Crippen LogP contribution is -2.15. The molecule has 0 radical (unpaired) electrons.